The van der Waals surface area contributed by atoms with E-state index in [1.54, 1.807) is 0 Å². The third-order valence-electron chi connectivity index (χ3n) is 4.81. The van der Waals surface area contributed by atoms with Crippen LogP contribution in [-0.2, 0) is 6.18 Å². The molecule has 0 unspecified atom stereocenters. The number of aromatic carboxylic acids is 1. The first-order chi connectivity index (χ1) is 15.1. The van der Waals surface area contributed by atoms with Gasteiger partial charge in [0.1, 0.15) is 11.6 Å². The van der Waals surface area contributed by atoms with Crippen molar-refractivity contribution in [1.82, 2.24) is 9.55 Å². The number of fused-ring (bicyclic) bond motifs is 1. The summed E-state index contributed by atoms with van der Waals surface area (Å²) >= 11 is 5.96. The summed E-state index contributed by atoms with van der Waals surface area (Å²) in [4.78, 5) is 28.3. The number of aromatic nitrogens is 2. The fourth-order valence-electron chi connectivity index (χ4n) is 3.38. The van der Waals surface area contributed by atoms with E-state index in [0.29, 0.717) is 0 Å². The summed E-state index contributed by atoms with van der Waals surface area (Å²) in [7, 11) is 0. The molecule has 10 heteroatoms. The summed E-state index contributed by atoms with van der Waals surface area (Å²) in [5, 5.41) is 8.68. The topological polar surface area (TPSA) is 72.2 Å². The molecule has 4 rings (SSSR count). The Bertz CT molecular complexity index is 1380. The Labute approximate surface area is 182 Å². The van der Waals surface area contributed by atoms with Crippen molar-refractivity contribution in [2.24, 2.45) is 0 Å². The second kappa shape index (κ2) is 7.76. The highest BCUT2D eigenvalue weighted by molar-refractivity contribution is 6.36. The van der Waals surface area contributed by atoms with E-state index in [0.717, 1.165) is 36.7 Å². The molecule has 4 aromatic rings. The van der Waals surface area contributed by atoms with E-state index in [2.05, 4.69) is 4.98 Å². The molecule has 1 N–H and O–H groups in total. The van der Waals surface area contributed by atoms with Gasteiger partial charge in [-0.3, -0.25) is 9.36 Å². The lowest BCUT2D eigenvalue weighted by molar-refractivity contribution is -0.137. The molecule has 0 aliphatic rings. The van der Waals surface area contributed by atoms with Crippen molar-refractivity contribution in [2.45, 2.75) is 6.18 Å². The van der Waals surface area contributed by atoms with Crippen LogP contribution in [0.3, 0.4) is 0 Å². The number of para-hydroxylation sites is 1. The Morgan fingerprint density at radius 1 is 1.03 bits per heavy atom. The number of pyridine rings is 1. The van der Waals surface area contributed by atoms with Gasteiger partial charge in [0, 0.05) is 23.3 Å². The standard InChI is InChI=1S/C22H11ClF4N2O3/c23-15-5-2-4-14(22(25,26)27)18(15)20(30)13-10-29(19-12(13)3-1-6-16(19)24)17-8-7-11(9-28-17)21(31)32/h1-10H,(H,31,32). The molecule has 2 heterocycles. The second-order valence-electron chi connectivity index (χ2n) is 6.75. The summed E-state index contributed by atoms with van der Waals surface area (Å²) in [5.74, 6) is -2.94. The van der Waals surface area contributed by atoms with Gasteiger partial charge in [-0.05, 0) is 30.3 Å². The molecule has 0 amide bonds. The number of benzene rings is 2. The first-order valence-electron chi connectivity index (χ1n) is 8.99. The first kappa shape index (κ1) is 21.5. The van der Waals surface area contributed by atoms with Crippen molar-refractivity contribution in [3.63, 3.8) is 0 Å². The number of carbonyl (C=O) groups is 2. The Balaban J connectivity index is 1.96. The smallest absolute Gasteiger partial charge is 0.417 e. The molecule has 0 bridgehead atoms. The minimum Gasteiger partial charge on any atom is -0.478 e. The monoisotopic (exact) mass is 462 g/mol. The van der Waals surface area contributed by atoms with E-state index in [-0.39, 0.29) is 27.8 Å². The number of ketones is 1. The maximum atomic E-state index is 14.7. The Hall–Kier alpha value is -3.72. The van der Waals surface area contributed by atoms with Crippen LogP contribution in [0.1, 0.15) is 31.8 Å². The molecule has 162 valence electrons. The molecule has 0 saturated heterocycles. The molecule has 32 heavy (non-hydrogen) atoms. The zero-order valence-corrected chi connectivity index (χ0v) is 16.6. The maximum Gasteiger partial charge on any atom is 0.417 e. The Morgan fingerprint density at radius 2 is 1.75 bits per heavy atom. The molecule has 2 aromatic heterocycles. The fraction of sp³-hybridized carbons (Fsp3) is 0.0455. The van der Waals surface area contributed by atoms with Crippen molar-refractivity contribution in [3.05, 3.63) is 94.0 Å². The number of rotatable bonds is 4. The van der Waals surface area contributed by atoms with Gasteiger partial charge >= 0.3 is 12.1 Å². The summed E-state index contributed by atoms with van der Waals surface area (Å²) in [6.07, 6.45) is -2.64. The molecule has 0 atom stereocenters. The number of carbonyl (C=O) groups excluding carboxylic acids is 1. The number of alkyl halides is 3. The summed E-state index contributed by atoms with van der Waals surface area (Å²) in [6, 6.07) is 9.33. The van der Waals surface area contributed by atoms with Gasteiger partial charge in [-0.2, -0.15) is 13.2 Å². The van der Waals surface area contributed by atoms with Gasteiger partial charge < -0.3 is 5.11 Å². The number of hydrogen-bond donors (Lipinski definition) is 1. The van der Waals surface area contributed by atoms with E-state index in [1.165, 1.54) is 28.8 Å². The number of carboxylic acids is 1. The highest BCUT2D eigenvalue weighted by atomic mass is 35.5. The van der Waals surface area contributed by atoms with Gasteiger partial charge in [0.25, 0.3) is 0 Å². The quantitative estimate of drug-likeness (QED) is 0.309. The normalized spacial score (nSPS) is 11.7. The van der Waals surface area contributed by atoms with Crippen LogP contribution in [0.2, 0.25) is 5.02 Å². The molecule has 0 aliphatic carbocycles. The molecular weight excluding hydrogens is 452 g/mol. The van der Waals surface area contributed by atoms with E-state index in [4.69, 9.17) is 16.7 Å². The molecular formula is C22H11ClF4N2O3. The van der Waals surface area contributed by atoms with Crippen molar-refractivity contribution in [2.75, 3.05) is 0 Å². The van der Waals surface area contributed by atoms with Crippen molar-refractivity contribution >= 4 is 34.3 Å². The lowest BCUT2D eigenvalue weighted by atomic mass is 9.97. The van der Waals surface area contributed by atoms with Crippen molar-refractivity contribution in [3.8, 4) is 5.82 Å². The van der Waals surface area contributed by atoms with E-state index in [9.17, 15) is 27.2 Å². The van der Waals surface area contributed by atoms with Gasteiger partial charge in [-0.25, -0.2) is 14.2 Å². The average Bonchev–Trinajstić information content (AvgIpc) is 3.13. The summed E-state index contributed by atoms with van der Waals surface area (Å²) in [6.45, 7) is 0. The minimum atomic E-state index is -4.84. The largest absolute Gasteiger partial charge is 0.478 e. The highest BCUT2D eigenvalue weighted by Crippen LogP contribution is 2.37. The second-order valence-corrected chi connectivity index (χ2v) is 7.16. The third kappa shape index (κ3) is 3.60. The SMILES string of the molecule is O=C(O)c1ccc(-n2cc(C(=O)c3c(Cl)cccc3C(F)(F)F)c3cccc(F)c32)nc1. The number of hydrogen-bond acceptors (Lipinski definition) is 3. The van der Waals surface area contributed by atoms with Gasteiger partial charge in [-0.1, -0.05) is 29.8 Å². The third-order valence-corrected chi connectivity index (χ3v) is 5.12. The van der Waals surface area contributed by atoms with Gasteiger partial charge in [0.05, 0.1) is 27.2 Å². The maximum absolute atomic E-state index is 14.7. The van der Waals surface area contributed by atoms with Gasteiger partial charge in [-0.15, -0.1) is 0 Å². The van der Waals surface area contributed by atoms with Crippen molar-refractivity contribution < 1.29 is 32.3 Å². The predicted molar refractivity (Wildman–Crippen MR) is 108 cm³/mol. The molecule has 0 spiro atoms. The molecule has 0 saturated carbocycles. The lowest BCUT2D eigenvalue weighted by Gasteiger charge is -2.13. The van der Waals surface area contributed by atoms with E-state index >= 15 is 0 Å². The molecule has 0 fully saturated rings. The zero-order chi connectivity index (χ0) is 23.2. The molecule has 2 aromatic carbocycles. The number of halogens is 5. The van der Waals surface area contributed by atoms with Gasteiger partial charge in [0.15, 0.2) is 5.78 Å². The lowest BCUT2D eigenvalue weighted by Crippen LogP contribution is -2.14. The van der Waals surface area contributed by atoms with Crippen LogP contribution in [-0.4, -0.2) is 26.4 Å². The van der Waals surface area contributed by atoms with Crippen LogP contribution in [0, 0.1) is 5.82 Å². The fourth-order valence-corrected chi connectivity index (χ4v) is 3.64. The van der Waals surface area contributed by atoms with E-state index in [1.807, 2.05) is 0 Å². The highest BCUT2D eigenvalue weighted by Gasteiger charge is 2.37. The number of nitrogens with zero attached hydrogens (tertiary/aromatic N) is 2. The minimum absolute atomic E-state index is 0.0483. The number of carboxylic acid groups (broad SMARTS) is 1. The van der Waals surface area contributed by atoms with Crippen molar-refractivity contribution in [1.29, 1.82) is 0 Å². The van der Waals surface area contributed by atoms with Crippen LogP contribution >= 0.6 is 11.6 Å². The zero-order valence-electron chi connectivity index (χ0n) is 15.8. The van der Waals surface area contributed by atoms with E-state index < -0.39 is 39.9 Å². The van der Waals surface area contributed by atoms with Gasteiger partial charge in [0.2, 0.25) is 0 Å². The van der Waals surface area contributed by atoms with Crippen LogP contribution < -0.4 is 0 Å². The summed E-state index contributed by atoms with van der Waals surface area (Å²) in [5.41, 5.74) is -2.41. The van der Waals surface area contributed by atoms with Crippen LogP contribution in [0.25, 0.3) is 16.7 Å². The average molecular weight is 463 g/mol. The molecule has 5 nitrogen and oxygen atoms in total. The Morgan fingerprint density at radius 3 is 2.38 bits per heavy atom. The Kier molecular flexibility index (Phi) is 5.21. The van der Waals surface area contributed by atoms with Crippen LogP contribution in [0.4, 0.5) is 17.6 Å². The summed E-state index contributed by atoms with van der Waals surface area (Å²) < 4.78 is 56.4. The first-order valence-corrected chi connectivity index (χ1v) is 9.37. The van der Waals surface area contributed by atoms with Crippen LogP contribution in [0.5, 0.6) is 0 Å². The molecule has 0 aliphatic heterocycles. The predicted octanol–water partition coefficient (Wildman–Crippen LogP) is 5.77. The van der Waals surface area contributed by atoms with Crippen LogP contribution in [0.15, 0.2) is 60.9 Å². The molecule has 0 radical (unpaired) electrons.